The number of hydrogen-bond donors (Lipinski definition) is 1. The Morgan fingerprint density at radius 3 is 2.44 bits per heavy atom. The molecule has 3 aromatic rings. The molecule has 3 rings (SSSR count). The van der Waals surface area contributed by atoms with Crippen LogP contribution in [0.15, 0.2) is 60.8 Å². The van der Waals surface area contributed by atoms with Crippen LogP contribution in [-0.2, 0) is 23.9 Å². The second-order valence-corrected chi connectivity index (χ2v) is 6.29. The van der Waals surface area contributed by atoms with Gasteiger partial charge in [0.05, 0.1) is 24.7 Å². The lowest BCUT2D eigenvalue weighted by Crippen LogP contribution is -2.18. The van der Waals surface area contributed by atoms with Gasteiger partial charge in [-0.25, -0.2) is 4.68 Å². The zero-order valence-electron chi connectivity index (χ0n) is 14.0. The number of anilines is 1. The van der Waals surface area contributed by atoms with Gasteiger partial charge in [0, 0.05) is 11.1 Å². The van der Waals surface area contributed by atoms with E-state index in [-0.39, 0.29) is 12.3 Å². The van der Waals surface area contributed by atoms with Gasteiger partial charge in [-0.3, -0.25) is 4.79 Å². The Labute approximate surface area is 158 Å². The number of amides is 1. The van der Waals surface area contributed by atoms with Crippen molar-refractivity contribution < 1.29 is 18.0 Å². The Morgan fingerprint density at radius 1 is 1.07 bits per heavy atom. The van der Waals surface area contributed by atoms with Crippen molar-refractivity contribution in [3.05, 3.63) is 82.5 Å². The summed E-state index contributed by atoms with van der Waals surface area (Å²) in [6.07, 6.45) is -2.90. The van der Waals surface area contributed by atoms with E-state index in [0.717, 1.165) is 17.7 Å². The Morgan fingerprint density at radius 2 is 1.78 bits per heavy atom. The van der Waals surface area contributed by atoms with E-state index in [0.29, 0.717) is 22.9 Å². The summed E-state index contributed by atoms with van der Waals surface area (Å²) >= 11 is 6.14. The van der Waals surface area contributed by atoms with Crippen LogP contribution in [0.4, 0.5) is 19.0 Å². The van der Waals surface area contributed by atoms with Crippen molar-refractivity contribution in [2.45, 2.75) is 19.1 Å². The molecule has 0 bridgehead atoms. The SMILES string of the molecule is O=C(Cc1ccc(C(F)(F)F)cc1)Nc1ccnn1Cc1ccccc1Cl. The van der Waals surface area contributed by atoms with Crippen LogP contribution in [-0.4, -0.2) is 15.7 Å². The average Bonchev–Trinajstić information content (AvgIpc) is 3.03. The Bertz CT molecular complexity index is 936. The largest absolute Gasteiger partial charge is 0.416 e. The summed E-state index contributed by atoms with van der Waals surface area (Å²) in [5.74, 6) is 0.127. The van der Waals surface area contributed by atoms with E-state index in [1.807, 2.05) is 18.2 Å². The first-order valence-electron chi connectivity index (χ1n) is 8.04. The summed E-state index contributed by atoms with van der Waals surface area (Å²) in [5, 5.41) is 7.48. The number of aromatic nitrogens is 2. The molecule has 1 amide bonds. The van der Waals surface area contributed by atoms with E-state index in [1.54, 1.807) is 23.0 Å². The minimum absolute atomic E-state index is 0.0462. The summed E-state index contributed by atoms with van der Waals surface area (Å²) in [7, 11) is 0. The van der Waals surface area contributed by atoms with Crippen LogP contribution >= 0.6 is 11.6 Å². The third-order valence-electron chi connectivity index (χ3n) is 3.91. The third kappa shape index (κ3) is 4.89. The van der Waals surface area contributed by atoms with Gasteiger partial charge in [0.15, 0.2) is 0 Å². The fourth-order valence-electron chi connectivity index (χ4n) is 2.54. The number of hydrogen-bond acceptors (Lipinski definition) is 2. The fourth-order valence-corrected chi connectivity index (χ4v) is 2.73. The van der Waals surface area contributed by atoms with Crippen LogP contribution < -0.4 is 5.32 Å². The van der Waals surface area contributed by atoms with E-state index >= 15 is 0 Å². The molecule has 0 saturated carbocycles. The summed E-state index contributed by atoms with van der Waals surface area (Å²) in [4.78, 5) is 12.2. The van der Waals surface area contributed by atoms with Gasteiger partial charge in [0.1, 0.15) is 5.82 Å². The second kappa shape index (κ2) is 7.84. The molecule has 0 atom stereocenters. The van der Waals surface area contributed by atoms with Crippen LogP contribution in [0.5, 0.6) is 0 Å². The van der Waals surface area contributed by atoms with Gasteiger partial charge in [-0.05, 0) is 29.3 Å². The van der Waals surface area contributed by atoms with Gasteiger partial charge < -0.3 is 5.32 Å². The third-order valence-corrected chi connectivity index (χ3v) is 4.28. The van der Waals surface area contributed by atoms with Gasteiger partial charge in [0.2, 0.25) is 5.91 Å². The molecule has 27 heavy (non-hydrogen) atoms. The Hall–Kier alpha value is -2.80. The zero-order chi connectivity index (χ0) is 19.4. The monoisotopic (exact) mass is 393 g/mol. The standard InChI is InChI=1S/C19H15ClF3N3O/c20-16-4-2-1-3-14(16)12-26-17(9-10-24-26)25-18(27)11-13-5-7-15(8-6-13)19(21,22)23/h1-10H,11-12H2,(H,25,27). The van der Waals surface area contributed by atoms with Crippen molar-refractivity contribution in [2.24, 2.45) is 0 Å². The van der Waals surface area contributed by atoms with Gasteiger partial charge in [0.25, 0.3) is 0 Å². The summed E-state index contributed by atoms with van der Waals surface area (Å²) in [6, 6.07) is 13.5. The minimum Gasteiger partial charge on any atom is -0.311 e. The zero-order valence-corrected chi connectivity index (χ0v) is 14.8. The summed E-state index contributed by atoms with van der Waals surface area (Å²) < 4.78 is 39.4. The van der Waals surface area contributed by atoms with Crippen LogP contribution in [0, 0.1) is 0 Å². The van der Waals surface area contributed by atoms with Gasteiger partial charge in [-0.2, -0.15) is 18.3 Å². The number of rotatable bonds is 5. The highest BCUT2D eigenvalue weighted by atomic mass is 35.5. The molecule has 0 aliphatic heterocycles. The normalized spacial score (nSPS) is 11.4. The topological polar surface area (TPSA) is 46.9 Å². The molecule has 140 valence electrons. The number of carbonyl (C=O) groups is 1. The first-order chi connectivity index (χ1) is 12.8. The van der Waals surface area contributed by atoms with Crippen LogP contribution in [0.2, 0.25) is 5.02 Å². The minimum atomic E-state index is -4.40. The lowest BCUT2D eigenvalue weighted by atomic mass is 10.1. The van der Waals surface area contributed by atoms with E-state index in [2.05, 4.69) is 10.4 Å². The maximum atomic E-state index is 12.6. The fraction of sp³-hybridized carbons (Fsp3) is 0.158. The Balaban J connectivity index is 1.65. The summed E-state index contributed by atoms with van der Waals surface area (Å²) in [5.41, 5.74) is 0.586. The molecular weight excluding hydrogens is 379 g/mol. The maximum Gasteiger partial charge on any atom is 0.416 e. The molecule has 0 fully saturated rings. The van der Waals surface area contributed by atoms with E-state index in [1.165, 1.54) is 12.1 Å². The van der Waals surface area contributed by atoms with Crippen molar-refractivity contribution in [2.75, 3.05) is 5.32 Å². The molecular formula is C19H15ClF3N3O. The number of nitrogens with one attached hydrogen (secondary N) is 1. The maximum absolute atomic E-state index is 12.6. The lowest BCUT2D eigenvalue weighted by Gasteiger charge is -2.11. The van der Waals surface area contributed by atoms with E-state index in [9.17, 15) is 18.0 Å². The molecule has 1 heterocycles. The highest BCUT2D eigenvalue weighted by molar-refractivity contribution is 6.31. The van der Waals surface area contributed by atoms with E-state index < -0.39 is 11.7 Å². The number of carbonyl (C=O) groups excluding carboxylic acids is 1. The number of halogens is 4. The molecule has 4 nitrogen and oxygen atoms in total. The highest BCUT2D eigenvalue weighted by Gasteiger charge is 2.29. The van der Waals surface area contributed by atoms with Crippen molar-refractivity contribution in [3.8, 4) is 0 Å². The van der Waals surface area contributed by atoms with Gasteiger partial charge >= 0.3 is 6.18 Å². The Kier molecular flexibility index (Phi) is 5.51. The van der Waals surface area contributed by atoms with Crippen molar-refractivity contribution in [1.82, 2.24) is 9.78 Å². The molecule has 0 aliphatic carbocycles. The van der Waals surface area contributed by atoms with Crippen molar-refractivity contribution in [1.29, 1.82) is 0 Å². The average molecular weight is 394 g/mol. The summed E-state index contributed by atoms with van der Waals surface area (Å²) in [6.45, 7) is 0.378. The van der Waals surface area contributed by atoms with Crippen molar-refractivity contribution in [3.63, 3.8) is 0 Å². The van der Waals surface area contributed by atoms with Gasteiger partial charge in [-0.1, -0.05) is 41.9 Å². The highest BCUT2D eigenvalue weighted by Crippen LogP contribution is 2.29. The first-order valence-corrected chi connectivity index (χ1v) is 8.42. The van der Waals surface area contributed by atoms with Crippen molar-refractivity contribution >= 4 is 23.3 Å². The predicted molar refractivity (Wildman–Crippen MR) is 96.6 cm³/mol. The second-order valence-electron chi connectivity index (χ2n) is 5.89. The number of benzene rings is 2. The lowest BCUT2D eigenvalue weighted by molar-refractivity contribution is -0.137. The number of alkyl halides is 3. The molecule has 8 heteroatoms. The van der Waals surface area contributed by atoms with E-state index in [4.69, 9.17) is 11.6 Å². The smallest absolute Gasteiger partial charge is 0.311 e. The molecule has 0 aliphatic rings. The molecule has 0 unspecified atom stereocenters. The quantitative estimate of drug-likeness (QED) is 0.677. The van der Waals surface area contributed by atoms with Crippen LogP contribution in [0.3, 0.4) is 0 Å². The van der Waals surface area contributed by atoms with Gasteiger partial charge in [-0.15, -0.1) is 0 Å². The number of nitrogens with zero attached hydrogens (tertiary/aromatic N) is 2. The van der Waals surface area contributed by atoms with Crippen LogP contribution in [0.1, 0.15) is 16.7 Å². The predicted octanol–water partition coefficient (Wildman–Crippen LogP) is 4.78. The molecule has 1 aromatic heterocycles. The first kappa shape index (κ1) is 19.0. The molecule has 0 saturated heterocycles. The molecule has 0 spiro atoms. The van der Waals surface area contributed by atoms with Crippen LogP contribution in [0.25, 0.3) is 0 Å². The molecule has 1 N–H and O–H groups in total. The molecule has 0 radical (unpaired) electrons. The molecule has 2 aromatic carbocycles.